The van der Waals surface area contributed by atoms with E-state index in [1.54, 1.807) is 32.0 Å². The van der Waals surface area contributed by atoms with Crippen molar-refractivity contribution in [3.8, 4) is 11.5 Å². The molecule has 1 heterocycles. The summed E-state index contributed by atoms with van der Waals surface area (Å²) in [7, 11) is -2.54. The van der Waals surface area contributed by atoms with Gasteiger partial charge in [0.1, 0.15) is 5.75 Å². The molecule has 1 aliphatic rings. The van der Waals surface area contributed by atoms with Crippen LogP contribution in [0.3, 0.4) is 0 Å². The molecule has 0 spiro atoms. The van der Waals surface area contributed by atoms with Crippen molar-refractivity contribution in [3.05, 3.63) is 52.2 Å². The van der Waals surface area contributed by atoms with E-state index in [9.17, 15) is 13.5 Å². The van der Waals surface area contributed by atoms with Gasteiger partial charge in [0.25, 0.3) is 0 Å². The SMILES string of the molecule is COc1ccc2c(c1)=NC(S)(S(=O)(=O)c1c(C)cc([O])cc1C)N=2. The normalized spacial score (nSPS) is 19.3. The van der Waals surface area contributed by atoms with Gasteiger partial charge in [-0.2, -0.15) is 0 Å². The van der Waals surface area contributed by atoms with Gasteiger partial charge in [-0.25, -0.2) is 18.4 Å². The van der Waals surface area contributed by atoms with Gasteiger partial charge in [0.2, 0.25) is 9.84 Å². The summed E-state index contributed by atoms with van der Waals surface area (Å²) in [5.41, 5.74) is 0.708. The smallest absolute Gasteiger partial charge is 0.303 e. The summed E-state index contributed by atoms with van der Waals surface area (Å²) in [5, 5.41) is 12.4. The molecule has 1 aliphatic heterocycles. The number of ether oxygens (including phenoxy) is 1. The number of thiol groups is 1. The van der Waals surface area contributed by atoms with Gasteiger partial charge in [0.05, 0.1) is 22.7 Å². The molecule has 0 aliphatic carbocycles. The summed E-state index contributed by atoms with van der Waals surface area (Å²) in [6.45, 7) is 3.15. The predicted octanol–water partition coefficient (Wildman–Crippen LogP) is 1.72. The second-order valence-corrected chi connectivity index (χ2v) is 8.45. The van der Waals surface area contributed by atoms with Crippen LogP contribution in [0.5, 0.6) is 11.5 Å². The fourth-order valence-corrected chi connectivity index (χ4v) is 4.91. The van der Waals surface area contributed by atoms with Gasteiger partial charge in [0, 0.05) is 6.07 Å². The Morgan fingerprint density at radius 2 is 1.62 bits per heavy atom. The summed E-state index contributed by atoms with van der Waals surface area (Å²) >= 11 is 4.26. The molecule has 8 heteroatoms. The number of nitrogens with zero attached hydrogens (tertiary/aromatic N) is 2. The molecule has 1 radical (unpaired) electrons. The summed E-state index contributed by atoms with van der Waals surface area (Å²) in [4.78, 5) is 8.42. The van der Waals surface area contributed by atoms with Crippen molar-refractivity contribution in [2.24, 2.45) is 9.98 Å². The molecule has 0 aromatic heterocycles. The van der Waals surface area contributed by atoms with Crippen molar-refractivity contribution >= 4 is 22.5 Å². The molecule has 6 nitrogen and oxygen atoms in total. The van der Waals surface area contributed by atoms with E-state index >= 15 is 0 Å². The number of benzene rings is 2. The van der Waals surface area contributed by atoms with Crippen molar-refractivity contribution in [1.29, 1.82) is 0 Å². The first-order chi connectivity index (χ1) is 11.2. The molecular weight excluding hydrogens is 348 g/mol. The van der Waals surface area contributed by atoms with Crippen molar-refractivity contribution in [2.75, 3.05) is 7.11 Å². The lowest BCUT2D eigenvalue weighted by molar-refractivity contribution is 0.354. The van der Waals surface area contributed by atoms with Crippen LogP contribution in [0.4, 0.5) is 0 Å². The molecule has 0 amide bonds. The van der Waals surface area contributed by atoms with Crippen LogP contribution in [0.25, 0.3) is 0 Å². The lowest BCUT2D eigenvalue weighted by Crippen LogP contribution is -2.29. The molecule has 0 saturated carbocycles. The van der Waals surface area contributed by atoms with Gasteiger partial charge >= 0.3 is 4.33 Å². The maximum Gasteiger partial charge on any atom is 0.303 e. The Balaban J connectivity index is 2.23. The number of methoxy groups -OCH3 is 1. The van der Waals surface area contributed by atoms with Crippen LogP contribution in [0.1, 0.15) is 11.1 Å². The summed E-state index contributed by atoms with van der Waals surface area (Å²) in [6.07, 6.45) is 0. The zero-order valence-electron chi connectivity index (χ0n) is 13.3. The van der Waals surface area contributed by atoms with Gasteiger partial charge in [-0.05, 0) is 49.2 Å². The van der Waals surface area contributed by atoms with Crippen LogP contribution in [0.15, 0.2) is 45.2 Å². The summed E-state index contributed by atoms with van der Waals surface area (Å²) in [6, 6.07) is 7.47. The quantitative estimate of drug-likeness (QED) is 0.842. The third-order valence-corrected chi connectivity index (χ3v) is 6.78. The van der Waals surface area contributed by atoms with E-state index in [1.165, 1.54) is 19.2 Å². The van der Waals surface area contributed by atoms with E-state index in [0.717, 1.165) is 0 Å². The third-order valence-electron chi connectivity index (χ3n) is 3.78. The topological polar surface area (TPSA) is 88.0 Å². The first-order valence-electron chi connectivity index (χ1n) is 7.07. The molecule has 1 unspecified atom stereocenters. The molecule has 0 fully saturated rings. The highest BCUT2D eigenvalue weighted by molar-refractivity contribution is 8.06. The monoisotopic (exact) mass is 363 g/mol. The van der Waals surface area contributed by atoms with E-state index in [0.29, 0.717) is 27.6 Å². The Morgan fingerprint density at radius 3 is 2.21 bits per heavy atom. The molecule has 2 aromatic rings. The molecule has 0 bridgehead atoms. The average molecular weight is 363 g/mol. The maximum atomic E-state index is 13.1. The molecule has 24 heavy (non-hydrogen) atoms. The minimum absolute atomic E-state index is 0.0318. The second kappa shape index (κ2) is 5.49. The number of hydrogen-bond donors (Lipinski definition) is 1. The van der Waals surface area contributed by atoms with Gasteiger partial charge in [-0.1, -0.05) is 0 Å². The predicted molar refractivity (Wildman–Crippen MR) is 90.3 cm³/mol. The van der Waals surface area contributed by atoms with Gasteiger partial charge < -0.3 is 4.74 Å². The van der Waals surface area contributed by atoms with Crippen molar-refractivity contribution in [1.82, 2.24) is 0 Å². The van der Waals surface area contributed by atoms with Crippen LogP contribution in [-0.4, -0.2) is 19.9 Å². The first-order valence-corrected chi connectivity index (χ1v) is 9.00. The zero-order chi connectivity index (χ0) is 17.7. The lowest BCUT2D eigenvalue weighted by atomic mass is 10.1. The highest BCUT2D eigenvalue weighted by Gasteiger charge is 2.44. The maximum absolute atomic E-state index is 13.1. The number of sulfone groups is 1. The Bertz CT molecular complexity index is 1040. The Labute approximate surface area is 144 Å². The largest absolute Gasteiger partial charge is 0.497 e. The first kappa shape index (κ1) is 16.8. The zero-order valence-corrected chi connectivity index (χ0v) is 15.0. The molecule has 1 atom stereocenters. The molecule has 3 rings (SSSR count). The average Bonchev–Trinajstić information content (AvgIpc) is 2.82. The van der Waals surface area contributed by atoms with Gasteiger partial charge in [-0.15, -0.1) is 12.6 Å². The second-order valence-electron chi connectivity index (χ2n) is 5.54. The Morgan fingerprint density at radius 1 is 1.04 bits per heavy atom. The van der Waals surface area contributed by atoms with E-state index in [1.807, 2.05) is 0 Å². The van der Waals surface area contributed by atoms with E-state index in [4.69, 9.17) is 4.74 Å². The van der Waals surface area contributed by atoms with Gasteiger partial charge in [-0.3, -0.25) is 5.11 Å². The molecule has 0 N–H and O–H groups in total. The van der Waals surface area contributed by atoms with Crippen LogP contribution in [0, 0.1) is 13.8 Å². The van der Waals surface area contributed by atoms with Gasteiger partial charge in [0.15, 0.2) is 5.75 Å². The van der Waals surface area contributed by atoms with Crippen molar-refractivity contribution < 1.29 is 18.3 Å². The fraction of sp³-hybridized carbons (Fsp3) is 0.250. The molecule has 125 valence electrons. The lowest BCUT2D eigenvalue weighted by Gasteiger charge is -2.20. The third kappa shape index (κ3) is 2.46. The highest BCUT2D eigenvalue weighted by Crippen LogP contribution is 2.37. The molecule has 0 saturated heterocycles. The number of fused-ring (bicyclic) bond motifs is 1. The minimum Gasteiger partial charge on any atom is -0.497 e. The summed E-state index contributed by atoms with van der Waals surface area (Å²) in [5.74, 6) is 0.302. The van der Waals surface area contributed by atoms with E-state index in [2.05, 4.69) is 22.6 Å². The number of rotatable bonds is 3. The van der Waals surface area contributed by atoms with Crippen molar-refractivity contribution in [2.45, 2.75) is 23.1 Å². The fourth-order valence-electron chi connectivity index (χ4n) is 2.74. The van der Waals surface area contributed by atoms with Crippen LogP contribution in [-0.2, 0) is 14.9 Å². The van der Waals surface area contributed by atoms with E-state index in [-0.39, 0.29) is 10.6 Å². The highest BCUT2D eigenvalue weighted by atomic mass is 32.2. The summed E-state index contributed by atoms with van der Waals surface area (Å²) < 4.78 is 29.4. The minimum atomic E-state index is -4.05. The molecule has 2 aromatic carbocycles. The Kier molecular flexibility index (Phi) is 3.84. The number of aryl methyl sites for hydroxylation is 2. The number of hydrogen-bond acceptors (Lipinski definition) is 6. The van der Waals surface area contributed by atoms with Crippen LogP contribution in [0.2, 0.25) is 0 Å². The molecular formula is C16H15N2O4S2. The van der Waals surface area contributed by atoms with Crippen LogP contribution >= 0.6 is 12.6 Å². The van der Waals surface area contributed by atoms with Crippen LogP contribution < -0.4 is 15.5 Å². The Hall–Kier alpha value is -2.06. The van der Waals surface area contributed by atoms with E-state index < -0.39 is 14.2 Å². The van der Waals surface area contributed by atoms with Crippen molar-refractivity contribution in [3.63, 3.8) is 0 Å². The standard InChI is InChI=1S/C16H15N2O4S2/c1-9-6-11(19)7-10(2)15(9)24(20,21)16(23)17-13-5-4-12(22-3)8-14(13)18-16/h4-8,23H,1-3H3.